The first kappa shape index (κ1) is 16.2. The number of nitro groups is 1. The van der Waals surface area contributed by atoms with Crippen molar-refractivity contribution in [1.82, 2.24) is 0 Å². The van der Waals surface area contributed by atoms with Crippen LogP contribution in [0.4, 0.5) is 15.8 Å². The van der Waals surface area contributed by atoms with E-state index in [2.05, 4.69) is 5.32 Å². The third kappa shape index (κ3) is 4.16. The summed E-state index contributed by atoms with van der Waals surface area (Å²) in [6, 6.07) is 9.36. The molecular formula is C15H13FN2O5. The maximum absolute atomic E-state index is 13.1. The van der Waals surface area contributed by atoms with E-state index < -0.39 is 23.3 Å². The van der Waals surface area contributed by atoms with E-state index in [0.29, 0.717) is 0 Å². The highest BCUT2D eigenvalue weighted by Gasteiger charge is 2.15. The molecule has 0 spiro atoms. The van der Waals surface area contributed by atoms with Gasteiger partial charge in [0.25, 0.3) is 5.91 Å². The Morgan fingerprint density at radius 2 is 2.00 bits per heavy atom. The molecule has 0 atom stereocenters. The maximum Gasteiger partial charge on any atom is 0.310 e. The highest BCUT2D eigenvalue weighted by Crippen LogP contribution is 2.27. The fraction of sp³-hybridized carbons (Fsp3) is 0.133. The number of nitrogens with zero attached hydrogens (tertiary/aromatic N) is 1. The Labute approximate surface area is 130 Å². The van der Waals surface area contributed by atoms with Gasteiger partial charge in [-0.05, 0) is 18.2 Å². The molecule has 0 saturated heterocycles. The summed E-state index contributed by atoms with van der Waals surface area (Å²) in [6.45, 7) is -0.439. The monoisotopic (exact) mass is 320 g/mol. The standard InChI is InChI=1S/C15H13FN2O5/c1-22-14-8-10(16)6-7-11(14)17-15(19)9-23-13-5-3-2-4-12(13)18(20)21/h2-8H,9H2,1H3,(H,17,19). The van der Waals surface area contributed by atoms with E-state index in [0.717, 1.165) is 6.07 Å². The SMILES string of the molecule is COc1cc(F)ccc1NC(=O)COc1ccccc1[N+](=O)[O-]. The smallest absolute Gasteiger partial charge is 0.310 e. The molecule has 1 N–H and O–H groups in total. The summed E-state index contributed by atoms with van der Waals surface area (Å²) in [7, 11) is 1.34. The van der Waals surface area contributed by atoms with Crippen molar-refractivity contribution in [1.29, 1.82) is 0 Å². The average molecular weight is 320 g/mol. The average Bonchev–Trinajstić information content (AvgIpc) is 2.54. The van der Waals surface area contributed by atoms with Gasteiger partial charge in [-0.15, -0.1) is 0 Å². The molecule has 0 unspecified atom stereocenters. The van der Waals surface area contributed by atoms with Crippen molar-refractivity contribution in [3.05, 3.63) is 58.4 Å². The van der Waals surface area contributed by atoms with Crippen LogP contribution in [-0.4, -0.2) is 24.5 Å². The summed E-state index contributed by atoms with van der Waals surface area (Å²) in [5.41, 5.74) is 0.0322. The van der Waals surface area contributed by atoms with E-state index in [1.807, 2.05) is 0 Å². The minimum atomic E-state index is -0.601. The summed E-state index contributed by atoms with van der Waals surface area (Å²) in [5, 5.41) is 13.3. The maximum atomic E-state index is 13.1. The molecular weight excluding hydrogens is 307 g/mol. The molecule has 0 aliphatic rings. The number of halogens is 1. The van der Waals surface area contributed by atoms with Crippen molar-refractivity contribution in [3.8, 4) is 11.5 Å². The molecule has 2 aromatic rings. The number of nitrogens with one attached hydrogen (secondary N) is 1. The molecule has 2 rings (SSSR count). The van der Waals surface area contributed by atoms with Crippen molar-refractivity contribution < 1.29 is 23.6 Å². The number of hydrogen-bond donors (Lipinski definition) is 1. The third-order valence-electron chi connectivity index (χ3n) is 2.86. The lowest BCUT2D eigenvalue weighted by Gasteiger charge is -2.11. The number of hydrogen-bond acceptors (Lipinski definition) is 5. The molecule has 0 saturated carbocycles. The van der Waals surface area contributed by atoms with Crippen LogP contribution in [0.5, 0.6) is 11.5 Å². The first-order valence-electron chi connectivity index (χ1n) is 6.51. The Morgan fingerprint density at radius 1 is 1.26 bits per heavy atom. The van der Waals surface area contributed by atoms with Crippen LogP contribution in [0.25, 0.3) is 0 Å². The number of methoxy groups -OCH3 is 1. The van der Waals surface area contributed by atoms with Gasteiger partial charge < -0.3 is 14.8 Å². The molecule has 2 aromatic carbocycles. The summed E-state index contributed by atoms with van der Waals surface area (Å²) < 4.78 is 23.2. The van der Waals surface area contributed by atoms with Crippen molar-refractivity contribution in [2.45, 2.75) is 0 Å². The van der Waals surface area contributed by atoms with Crippen LogP contribution >= 0.6 is 0 Å². The molecule has 0 heterocycles. The first-order valence-corrected chi connectivity index (χ1v) is 6.51. The second-order valence-electron chi connectivity index (χ2n) is 4.41. The number of carbonyl (C=O) groups is 1. The lowest BCUT2D eigenvalue weighted by molar-refractivity contribution is -0.385. The molecule has 23 heavy (non-hydrogen) atoms. The van der Waals surface area contributed by atoms with Crippen molar-refractivity contribution >= 4 is 17.3 Å². The number of benzene rings is 2. The normalized spacial score (nSPS) is 10.0. The topological polar surface area (TPSA) is 90.7 Å². The van der Waals surface area contributed by atoms with E-state index in [1.165, 1.54) is 37.4 Å². The van der Waals surface area contributed by atoms with Crippen LogP contribution < -0.4 is 14.8 Å². The van der Waals surface area contributed by atoms with Gasteiger partial charge in [-0.1, -0.05) is 12.1 Å². The molecule has 1 amide bonds. The van der Waals surface area contributed by atoms with Crippen LogP contribution in [0.1, 0.15) is 0 Å². The van der Waals surface area contributed by atoms with E-state index in [-0.39, 0.29) is 22.9 Å². The molecule has 0 radical (unpaired) electrons. The number of rotatable bonds is 6. The Kier molecular flexibility index (Phi) is 5.08. The van der Waals surface area contributed by atoms with Gasteiger partial charge in [0.2, 0.25) is 0 Å². The van der Waals surface area contributed by atoms with E-state index >= 15 is 0 Å². The highest BCUT2D eigenvalue weighted by atomic mass is 19.1. The van der Waals surface area contributed by atoms with Crippen molar-refractivity contribution in [2.75, 3.05) is 19.0 Å². The number of carbonyl (C=O) groups excluding carboxylic acids is 1. The summed E-state index contributed by atoms with van der Waals surface area (Å²) in [5.74, 6) is -0.924. The number of para-hydroxylation sites is 2. The van der Waals surface area contributed by atoms with Gasteiger partial charge in [-0.3, -0.25) is 14.9 Å². The summed E-state index contributed by atoms with van der Waals surface area (Å²) in [4.78, 5) is 22.1. The molecule has 8 heteroatoms. The second-order valence-corrected chi connectivity index (χ2v) is 4.41. The van der Waals surface area contributed by atoms with Crippen LogP contribution in [-0.2, 0) is 4.79 Å². The van der Waals surface area contributed by atoms with Gasteiger partial charge in [0, 0.05) is 12.1 Å². The van der Waals surface area contributed by atoms with E-state index in [9.17, 15) is 19.3 Å². The second kappa shape index (κ2) is 7.21. The first-order chi connectivity index (χ1) is 11.0. The molecule has 0 bridgehead atoms. The summed E-state index contributed by atoms with van der Waals surface area (Å²) >= 11 is 0. The lowest BCUT2D eigenvalue weighted by Crippen LogP contribution is -2.20. The molecule has 0 fully saturated rings. The van der Waals surface area contributed by atoms with Gasteiger partial charge in [0.15, 0.2) is 12.4 Å². The largest absolute Gasteiger partial charge is 0.494 e. The fourth-order valence-corrected chi connectivity index (χ4v) is 1.83. The zero-order chi connectivity index (χ0) is 16.8. The minimum absolute atomic E-state index is 0.0151. The number of ether oxygens (including phenoxy) is 2. The summed E-state index contributed by atoms with van der Waals surface area (Å²) in [6.07, 6.45) is 0. The number of anilines is 1. The Morgan fingerprint density at radius 3 is 2.70 bits per heavy atom. The number of nitro benzene ring substituents is 1. The van der Waals surface area contributed by atoms with Crippen LogP contribution in [0.2, 0.25) is 0 Å². The van der Waals surface area contributed by atoms with Gasteiger partial charge in [0.1, 0.15) is 11.6 Å². The molecule has 120 valence electrons. The Hall–Kier alpha value is -3.16. The van der Waals surface area contributed by atoms with Crippen LogP contribution in [0, 0.1) is 15.9 Å². The highest BCUT2D eigenvalue weighted by molar-refractivity contribution is 5.93. The van der Waals surface area contributed by atoms with Crippen LogP contribution in [0.3, 0.4) is 0 Å². The van der Waals surface area contributed by atoms with Gasteiger partial charge >= 0.3 is 5.69 Å². The van der Waals surface area contributed by atoms with E-state index in [1.54, 1.807) is 6.07 Å². The quantitative estimate of drug-likeness (QED) is 0.653. The van der Waals surface area contributed by atoms with E-state index in [4.69, 9.17) is 9.47 Å². The zero-order valence-corrected chi connectivity index (χ0v) is 12.1. The molecule has 0 aromatic heterocycles. The third-order valence-corrected chi connectivity index (χ3v) is 2.86. The molecule has 0 aliphatic carbocycles. The van der Waals surface area contributed by atoms with Gasteiger partial charge in [0.05, 0.1) is 17.7 Å². The predicted molar refractivity (Wildman–Crippen MR) is 80.2 cm³/mol. The molecule has 7 nitrogen and oxygen atoms in total. The predicted octanol–water partition coefficient (Wildman–Crippen LogP) is 2.76. The lowest BCUT2D eigenvalue weighted by atomic mass is 10.3. The number of amides is 1. The minimum Gasteiger partial charge on any atom is -0.494 e. The van der Waals surface area contributed by atoms with Crippen molar-refractivity contribution in [2.24, 2.45) is 0 Å². The Bertz CT molecular complexity index is 736. The molecule has 0 aliphatic heterocycles. The zero-order valence-electron chi connectivity index (χ0n) is 12.1. The van der Waals surface area contributed by atoms with Gasteiger partial charge in [-0.2, -0.15) is 0 Å². The Balaban J connectivity index is 2.03. The fourth-order valence-electron chi connectivity index (χ4n) is 1.83. The van der Waals surface area contributed by atoms with Gasteiger partial charge in [-0.25, -0.2) is 4.39 Å². The van der Waals surface area contributed by atoms with Crippen molar-refractivity contribution in [3.63, 3.8) is 0 Å². The van der Waals surface area contributed by atoms with Crippen LogP contribution in [0.15, 0.2) is 42.5 Å².